The number of carbonyl (C=O) groups is 2. The summed E-state index contributed by atoms with van der Waals surface area (Å²) < 4.78 is 27.9. The molecule has 1 aliphatic heterocycles. The summed E-state index contributed by atoms with van der Waals surface area (Å²) in [5.74, 6) is -0.713. The van der Waals surface area contributed by atoms with E-state index in [0.717, 1.165) is 16.5 Å². The van der Waals surface area contributed by atoms with Crippen molar-refractivity contribution < 1.29 is 18.0 Å². The van der Waals surface area contributed by atoms with Crippen molar-refractivity contribution in [3.63, 3.8) is 0 Å². The Morgan fingerprint density at radius 2 is 1.79 bits per heavy atom. The summed E-state index contributed by atoms with van der Waals surface area (Å²) in [6.07, 6.45) is 3.59. The molecule has 9 heteroatoms. The van der Waals surface area contributed by atoms with Crippen LogP contribution in [0.4, 0.5) is 0 Å². The lowest BCUT2D eigenvalue weighted by Gasteiger charge is -2.22. The molecule has 1 saturated heterocycles. The molecule has 1 spiro atoms. The number of sulfonamides is 1. The Labute approximate surface area is 198 Å². The van der Waals surface area contributed by atoms with Crippen LogP contribution in [-0.4, -0.2) is 55.7 Å². The highest BCUT2D eigenvalue weighted by Crippen LogP contribution is 2.61. The van der Waals surface area contributed by atoms with Crippen molar-refractivity contribution in [2.45, 2.75) is 30.2 Å². The standard InChI is InChI=1S/C25H28N4O4S/c1-26-24(31)22-14-25(16-29(22)34(32,33)18-7-3-2-4-8-18)13-20(25)23(30)27-12-11-17-15-28-21-10-6-5-9-19(17)21/h2-10,15,20,22,28H,11-14,16H2,1H3,(H,26,31)(H,27,30). The number of H-pyrrole nitrogens is 1. The molecule has 178 valence electrons. The van der Waals surface area contributed by atoms with Gasteiger partial charge in [0.25, 0.3) is 0 Å². The lowest BCUT2D eigenvalue weighted by Crippen LogP contribution is -2.44. The maximum absolute atomic E-state index is 13.3. The number of likely N-dealkylation sites (N-methyl/N-ethyl adjacent to an activating group) is 1. The highest BCUT2D eigenvalue weighted by Gasteiger charge is 2.65. The molecule has 5 rings (SSSR count). The molecule has 2 heterocycles. The van der Waals surface area contributed by atoms with Crippen molar-refractivity contribution in [2.24, 2.45) is 11.3 Å². The molecule has 3 N–H and O–H groups in total. The van der Waals surface area contributed by atoms with Gasteiger partial charge in [-0.15, -0.1) is 0 Å². The first-order valence-electron chi connectivity index (χ1n) is 11.5. The Kier molecular flexibility index (Phi) is 5.69. The van der Waals surface area contributed by atoms with Crippen molar-refractivity contribution in [3.8, 4) is 0 Å². The van der Waals surface area contributed by atoms with Crippen LogP contribution in [0.5, 0.6) is 0 Å². The molecular formula is C25H28N4O4S. The van der Waals surface area contributed by atoms with Crippen LogP contribution < -0.4 is 10.6 Å². The van der Waals surface area contributed by atoms with E-state index >= 15 is 0 Å². The van der Waals surface area contributed by atoms with Crippen molar-refractivity contribution in [3.05, 3.63) is 66.4 Å². The predicted octanol–water partition coefficient (Wildman–Crippen LogP) is 2.04. The van der Waals surface area contributed by atoms with Gasteiger partial charge in [0, 0.05) is 43.2 Å². The van der Waals surface area contributed by atoms with Crippen molar-refractivity contribution in [1.29, 1.82) is 0 Å². The molecule has 1 aromatic heterocycles. The van der Waals surface area contributed by atoms with Gasteiger partial charge < -0.3 is 15.6 Å². The first-order chi connectivity index (χ1) is 16.4. The third-order valence-corrected chi connectivity index (χ3v) is 9.06. The molecular weight excluding hydrogens is 452 g/mol. The average molecular weight is 481 g/mol. The lowest BCUT2D eigenvalue weighted by atomic mass is 9.99. The number of fused-ring (bicyclic) bond motifs is 1. The fraction of sp³-hybridized carbons (Fsp3) is 0.360. The van der Waals surface area contributed by atoms with Crippen LogP contribution in [0, 0.1) is 11.3 Å². The van der Waals surface area contributed by atoms with Crippen LogP contribution in [-0.2, 0) is 26.0 Å². The fourth-order valence-corrected chi connectivity index (χ4v) is 6.95. The van der Waals surface area contributed by atoms with E-state index in [2.05, 4.69) is 21.7 Å². The number of carbonyl (C=O) groups excluding carboxylic acids is 2. The van der Waals surface area contributed by atoms with E-state index in [1.807, 2.05) is 24.4 Å². The number of amides is 2. The molecule has 0 bridgehead atoms. The summed E-state index contributed by atoms with van der Waals surface area (Å²) in [5.41, 5.74) is 1.71. The van der Waals surface area contributed by atoms with E-state index < -0.39 is 21.5 Å². The number of benzene rings is 2. The molecule has 0 radical (unpaired) electrons. The predicted molar refractivity (Wildman–Crippen MR) is 128 cm³/mol. The van der Waals surface area contributed by atoms with Gasteiger partial charge in [0.1, 0.15) is 6.04 Å². The molecule has 34 heavy (non-hydrogen) atoms. The van der Waals surface area contributed by atoms with Gasteiger partial charge in [-0.25, -0.2) is 8.42 Å². The van der Waals surface area contributed by atoms with Crippen molar-refractivity contribution in [2.75, 3.05) is 20.1 Å². The lowest BCUT2D eigenvalue weighted by molar-refractivity contribution is -0.124. The van der Waals surface area contributed by atoms with Crippen LogP contribution in [0.3, 0.4) is 0 Å². The van der Waals surface area contributed by atoms with E-state index in [4.69, 9.17) is 0 Å². The fourth-order valence-electron chi connectivity index (χ4n) is 5.24. The largest absolute Gasteiger partial charge is 0.361 e. The van der Waals surface area contributed by atoms with Gasteiger partial charge in [-0.1, -0.05) is 36.4 Å². The van der Waals surface area contributed by atoms with E-state index in [0.29, 0.717) is 25.8 Å². The summed E-state index contributed by atoms with van der Waals surface area (Å²) in [6, 6.07) is 15.4. The van der Waals surface area contributed by atoms with Gasteiger partial charge in [0.2, 0.25) is 21.8 Å². The topological polar surface area (TPSA) is 111 Å². The maximum Gasteiger partial charge on any atom is 0.243 e. The van der Waals surface area contributed by atoms with Crippen molar-refractivity contribution in [1.82, 2.24) is 19.9 Å². The minimum Gasteiger partial charge on any atom is -0.361 e. The van der Waals surface area contributed by atoms with Gasteiger partial charge in [-0.3, -0.25) is 9.59 Å². The Hall–Kier alpha value is -3.17. The second-order valence-corrected chi connectivity index (χ2v) is 11.1. The molecule has 2 fully saturated rings. The first-order valence-corrected chi connectivity index (χ1v) is 12.9. The van der Waals surface area contributed by atoms with Gasteiger partial charge in [0.05, 0.1) is 4.90 Å². The minimum atomic E-state index is -3.85. The van der Waals surface area contributed by atoms with Gasteiger partial charge in [-0.05, 0) is 48.4 Å². The molecule has 3 atom stereocenters. The second kappa shape index (κ2) is 8.56. The number of nitrogens with zero attached hydrogens (tertiary/aromatic N) is 1. The minimum absolute atomic E-state index is 0.0746. The molecule has 8 nitrogen and oxygen atoms in total. The Balaban J connectivity index is 1.26. The number of hydrogen-bond donors (Lipinski definition) is 3. The third-order valence-electron chi connectivity index (χ3n) is 7.19. The van der Waals surface area contributed by atoms with E-state index in [9.17, 15) is 18.0 Å². The number of nitrogens with one attached hydrogen (secondary N) is 3. The van der Waals surface area contributed by atoms with Gasteiger partial charge in [-0.2, -0.15) is 4.31 Å². The Morgan fingerprint density at radius 1 is 1.06 bits per heavy atom. The molecule has 1 saturated carbocycles. The summed E-state index contributed by atoms with van der Waals surface area (Å²) in [7, 11) is -2.35. The maximum atomic E-state index is 13.3. The number of para-hydroxylation sites is 1. The monoisotopic (exact) mass is 480 g/mol. The zero-order valence-electron chi connectivity index (χ0n) is 19.0. The van der Waals surface area contributed by atoms with Gasteiger partial charge >= 0.3 is 0 Å². The number of hydrogen-bond acceptors (Lipinski definition) is 4. The van der Waals surface area contributed by atoms with Crippen LogP contribution in [0.2, 0.25) is 0 Å². The molecule has 1 aliphatic carbocycles. The summed E-state index contributed by atoms with van der Waals surface area (Å²) >= 11 is 0. The van der Waals surface area contributed by atoms with Crippen molar-refractivity contribution >= 4 is 32.7 Å². The molecule has 2 aromatic carbocycles. The number of rotatable bonds is 7. The second-order valence-electron chi connectivity index (χ2n) is 9.22. The van der Waals surface area contributed by atoms with Crippen LogP contribution in [0.25, 0.3) is 10.9 Å². The SMILES string of the molecule is CNC(=O)C1CC2(CC2C(=O)NCCc2c[nH]c3ccccc23)CN1S(=O)(=O)c1ccccc1. The average Bonchev–Trinajstić information content (AvgIpc) is 3.19. The van der Waals surface area contributed by atoms with E-state index in [-0.39, 0.29) is 29.2 Å². The highest BCUT2D eigenvalue weighted by molar-refractivity contribution is 7.89. The molecule has 2 amide bonds. The smallest absolute Gasteiger partial charge is 0.243 e. The molecule has 3 aromatic rings. The number of aromatic nitrogens is 1. The van der Waals surface area contributed by atoms with E-state index in [1.165, 1.54) is 23.5 Å². The van der Waals surface area contributed by atoms with Crippen LogP contribution >= 0.6 is 0 Å². The Morgan fingerprint density at radius 3 is 2.56 bits per heavy atom. The van der Waals surface area contributed by atoms with Crippen LogP contribution in [0.15, 0.2) is 65.7 Å². The number of aromatic amines is 1. The molecule has 2 aliphatic rings. The zero-order valence-corrected chi connectivity index (χ0v) is 19.8. The molecule has 3 unspecified atom stereocenters. The van der Waals surface area contributed by atoms with Crippen LogP contribution in [0.1, 0.15) is 18.4 Å². The summed E-state index contributed by atoms with van der Waals surface area (Å²) in [4.78, 5) is 28.9. The summed E-state index contributed by atoms with van der Waals surface area (Å²) in [5, 5.41) is 6.75. The van der Waals surface area contributed by atoms with Gasteiger partial charge in [0.15, 0.2) is 0 Å². The van der Waals surface area contributed by atoms with E-state index in [1.54, 1.807) is 18.2 Å². The third kappa shape index (κ3) is 3.88. The summed E-state index contributed by atoms with van der Waals surface area (Å²) in [6.45, 7) is 0.668. The highest BCUT2D eigenvalue weighted by atomic mass is 32.2. The zero-order chi connectivity index (χ0) is 23.9. The Bertz CT molecular complexity index is 1340. The normalized spacial score (nSPS) is 24.4. The quantitative estimate of drug-likeness (QED) is 0.481. The first kappa shape index (κ1) is 22.6.